The van der Waals surface area contributed by atoms with E-state index in [1.54, 1.807) is 0 Å². The highest BCUT2D eigenvalue weighted by Gasteiger charge is 2.11. The summed E-state index contributed by atoms with van der Waals surface area (Å²) in [5, 5.41) is 14.4. The van der Waals surface area contributed by atoms with Crippen molar-refractivity contribution in [2.24, 2.45) is 0 Å². The minimum atomic E-state index is 0.911. The maximum atomic E-state index is 4.64. The fraction of sp³-hybridized carbons (Fsp3) is 0. The Morgan fingerprint density at radius 2 is 1.45 bits per heavy atom. The molecule has 0 radical (unpaired) electrons. The summed E-state index contributed by atoms with van der Waals surface area (Å²) >= 11 is 0. The van der Waals surface area contributed by atoms with Crippen LogP contribution in [0.25, 0.3) is 50.4 Å². The number of hydrogen-bond donors (Lipinski definition) is 2. The maximum absolute atomic E-state index is 4.64. The molecule has 0 spiro atoms. The lowest BCUT2D eigenvalue weighted by Gasteiger charge is -2.11. The molecule has 3 heterocycles. The van der Waals surface area contributed by atoms with E-state index in [9.17, 15) is 0 Å². The molecule has 6 heteroatoms. The molecule has 3 aromatic carbocycles. The van der Waals surface area contributed by atoms with Gasteiger partial charge in [0.05, 0.1) is 22.4 Å². The van der Waals surface area contributed by atoms with E-state index in [1.165, 1.54) is 0 Å². The van der Waals surface area contributed by atoms with E-state index in [0.717, 1.165) is 50.4 Å². The zero-order valence-electron chi connectivity index (χ0n) is 16.5. The summed E-state index contributed by atoms with van der Waals surface area (Å²) in [6.45, 7) is 0. The number of H-pyrrole nitrogens is 2. The second-order valence-corrected chi connectivity index (χ2v) is 7.33. The third-order valence-electron chi connectivity index (χ3n) is 5.48. The van der Waals surface area contributed by atoms with E-state index in [2.05, 4.69) is 90.6 Å². The Balaban J connectivity index is 1.44. The number of imidazole rings is 1. The highest BCUT2D eigenvalue weighted by atomic mass is 15.1. The van der Waals surface area contributed by atoms with Crippen molar-refractivity contribution in [3.8, 4) is 39.3 Å². The van der Waals surface area contributed by atoms with Crippen LogP contribution in [-0.4, -0.2) is 29.9 Å². The number of fused-ring (bicyclic) bond motifs is 1. The van der Waals surface area contributed by atoms with E-state index in [0.29, 0.717) is 0 Å². The molecule has 2 N–H and O–H groups in total. The van der Waals surface area contributed by atoms with E-state index in [4.69, 9.17) is 0 Å². The highest BCUT2D eigenvalue weighted by Crippen LogP contribution is 2.32. The lowest BCUT2D eigenvalue weighted by Crippen LogP contribution is -1.93. The molecule has 6 rings (SSSR count). The first-order valence-corrected chi connectivity index (χ1v) is 10.0. The van der Waals surface area contributed by atoms with Crippen molar-refractivity contribution < 1.29 is 0 Å². The standard InChI is InChI=1S/C25H18N6/c1-2-7-21(23-11-13-28-30-23)20(6-1)17-4-3-5-19(14-17)31-16-26-24-15-18(8-9-25(24)31)22-10-12-27-29-22/h1-16H,(H,27,29)(H,28,30). The minimum Gasteiger partial charge on any atom is -0.299 e. The minimum absolute atomic E-state index is 0.911. The van der Waals surface area contributed by atoms with Crippen LogP contribution in [0.3, 0.4) is 0 Å². The number of benzene rings is 3. The van der Waals surface area contributed by atoms with Gasteiger partial charge in [0.15, 0.2) is 0 Å². The molecular weight excluding hydrogens is 384 g/mol. The number of hydrogen-bond acceptors (Lipinski definition) is 3. The van der Waals surface area contributed by atoms with Crippen LogP contribution in [0, 0.1) is 0 Å². The average molecular weight is 402 g/mol. The van der Waals surface area contributed by atoms with Gasteiger partial charge in [-0.1, -0.05) is 42.5 Å². The number of aromatic amines is 2. The maximum Gasteiger partial charge on any atom is 0.100 e. The monoisotopic (exact) mass is 402 g/mol. The average Bonchev–Trinajstić information content (AvgIpc) is 3.60. The Bertz CT molecular complexity index is 1480. The third kappa shape index (κ3) is 3.02. The third-order valence-corrected chi connectivity index (χ3v) is 5.48. The first kappa shape index (κ1) is 17.4. The van der Waals surface area contributed by atoms with Crippen LogP contribution >= 0.6 is 0 Å². The van der Waals surface area contributed by atoms with Crippen molar-refractivity contribution in [2.75, 3.05) is 0 Å². The van der Waals surface area contributed by atoms with Crippen molar-refractivity contribution in [1.82, 2.24) is 29.9 Å². The van der Waals surface area contributed by atoms with Crippen molar-refractivity contribution in [3.63, 3.8) is 0 Å². The Kier molecular flexibility index (Phi) is 3.99. The second kappa shape index (κ2) is 7.11. The van der Waals surface area contributed by atoms with Crippen LogP contribution in [0.15, 0.2) is 97.6 Å². The molecule has 3 aromatic heterocycles. The molecule has 0 aliphatic rings. The van der Waals surface area contributed by atoms with Crippen LogP contribution in [0.1, 0.15) is 0 Å². The predicted octanol–water partition coefficient (Wildman–Crippen LogP) is 5.47. The molecule has 0 saturated heterocycles. The van der Waals surface area contributed by atoms with Gasteiger partial charge in [-0.3, -0.25) is 14.8 Å². The predicted molar refractivity (Wildman–Crippen MR) is 122 cm³/mol. The molecule has 6 aromatic rings. The van der Waals surface area contributed by atoms with Crippen LogP contribution in [0.4, 0.5) is 0 Å². The topological polar surface area (TPSA) is 75.2 Å². The van der Waals surface area contributed by atoms with E-state index >= 15 is 0 Å². The molecule has 0 unspecified atom stereocenters. The second-order valence-electron chi connectivity index (χ2n) is 7.33. The van der Waals surface area contributed by atoms with Gasteiger partial charge in [0.25, 0.3) is 0 Å². The Labute approximate surface area is 178 Å². The Morgan fingerprint density at radius 1 is 0.645 bits per heavy atom. The number of aromatic nitrogens is 6. The Morgan fingerprint density at radius 3 is 2.26 bits per heavy atom. The van der Waals surface area contributed by atoms with Crippen LogP contribution in [-0.2, 0) is 0 Å². The van der Waals surface area contributed by atoms with Gasteiger partial charge in [-0.05, 0) is 47.5 Å². The quantitative estimate of drug-likeness (QED) is 0.410. The lowest BCUT2D eigenvalue weighted by molar-refractivity contribution is 1.09. The number of nitrogens with one attached hydrogen (secondary N) is 2. The van der Waals surface area contributed by atoms with Crippen molar-refractivity contribution >= 4 is 11.0 Å². The SMILES string of the molecule is c1cc(-c2ccccc2-c2cc[nH]n2)cc(-n2cnc3cc(-c4cc[nH]n4)ccc32)c1. The molecule has 0 atom stereocenters. The number of rotatable bonds is 4. The van der Waals surface area contributed by atoms with E-state index in [1.807, 2.05) is 36.9 Å². The number of nitrogens with zero attached hydrogens (tertiary/aromatic N) is 4. The molecule has 0 aliphatic heterocycles. The fourth-order valence-electron chi connectivity index (χ4n) is 3.99. The van der Waals surface area contributed by atoms with Gasteiger partial charge >= 0.3 is 0 Å². The molecule has 148 valence electrons. The van der Waals surface area contributed by atoms with Crippen LogP contribution in [0.2, 0.25) is 0 Å². The van der Waals surface area contributed by atoms with Crippen LogP contribution < -0.4 is 0 Å². The normalized spacial score (nSPS) is 11.2. The summed E-state index contributed by atoms with van der Waals surface area (Å²) in [5.74, 6) is 0. The van der Waals surface area contributed by atoms with Crippen molar-refractivity contribution in [3.05, 3.63) is 97.6 Å². The fourth-order valence-corrected chi connectivity index (χ4v) is 3.99. The molecule has 0 fully saturated rings. The van der Waals surface area contributed by atoms with E-state index in [-0.39, 0.29) is 0 Å². The first-order chi connectivity index (χ1) is 15.4. The highest BCUT2D eigenvalue weighted by molar-refractivity contribution is 5.85. The van der Waals surface area contributed by atoms with Crippen molar-refractivity contribution in [2.45, 2.75) is 0 Å². The summed E-state index contributed by atoms with van der Waals surface area (Å²) in [5.41, 5.74) is 9.30. The largest absolute Gasteiger partial charge is 0.299 e. The molecule has 31 heavy (non-hydrogen) atoms. The molecule has 0 bridgehead atoms. The molecule has 0 aliphatic carbocycles. The van der Waals surface area contributed by atoms with Gasteiger partial charge in [0.1, 0.15) is 6.33 Å². The summed E-state index contributed by atoms with van der Waals surface area (Å²) in [6, 6.07) is 27.0. The summed E-state index contributed by atoms with van der Waals surface area (Å²) in [4.78, 5) is 4.64. The van der Waals surface area contributed by atoms with Gasteiger partial charge in [-0.2, -0.15) is 10.2 Å². The summed E-state index contributed by atoms with van der Waals surface area (Å²) in [7, 11) is 0. The zero-order valence-corrected chi connectivity index (χ0v) is 16.5. The first-order valence-electron chi connectivity index (χ1n) is 10.0. The Hall–Kier alpha value is -4.45. The van der Waals surface area contributed by atoms with Gasteiger partial charge < -0.3 is 0 Å². The lowest BCUT2D eigenvalue weighted by atomic mass is 9.97. The smallest absolute Gasteiger partial charge is 0.100 e. The molecule has 0 saturated carbocycles. The van der Waals surface area contributed by atoms with Crippen molar-refractivity contribution in [1.29, 1.82) is 0 Å². The molecule has 0 amide bonds. The van der Waals surface area contributed by atoms with E-state index < -0.39 is 0 Å². The summed E-state index contributed by atoms with van der Waals surface area (Å²) < 4.78 is 2.12. The van der Waals surface area contributed by atoms with Gasteiger partial charge in [-0.25, -0.2) is 4.98 Å². The van der Waals surface area contributed by atoms with Gasteiger partial charge in [0, 0.05) is 29.2 Å². The molecular formula is C25H18N6. The molecule has 6 nitrogen and oxygen atoms in total. The zero-order chi connectivity index (χ0) is 20.6. The summed E-state index contributed by atoms with van der Waals surface area (Å²) in [6.07, 6.45) is 5.54. The van der Waals surface area contributed by atoms with Gasteiger partial charge in [0.2, 0.25) is 0 Å². The van der Waals surface area contributed by atoms with Gasteiger partial charge in [-0.15, -0.1) is 0 Å². The van der Waals surface area contributed by atoms with Crippen LogP contribution in [0.5, 0.6) is 0 Å².